The number of aliphatic hydroxyl groups is 1. The number of rotatable bonds is 9. The Morgan fingerprint density at radius 1 is 1.00 bits per heavy atom. The van der Waals surface area contributed by atoms with Gasteiger partial charge in [0, 0.05) is 5.56 Å². The zero-order chi connectivity index (χ0) is 19.8. The molecule has 27 heavy (non-hydrogen) atoms. The topological polar surface area (TPSA) is 60.7 Å². The summed E-state index contributed by atoms with van der Waals surface area (Å²) in [5.74, 6) is 0.258. The van der Waals surface area contributed by atoms with E-state index in [9.17, 15) is 15.3 Å². The van der Waals surface area contributed by atoms with E-state index in [0.717, 1.165) is 36.0 Å². The highest BCUT2D eigenvalue weighted by Crippen LogP contribution is 2.30. The molecule has 3 nitrogen and oxygen atoms in total. The molecule has 0 fully saturated rings. The van der Waals surface area contributed by atoms with Gasteiger partial charge in [0.05, 0.1) is 6.10 Å². The molecule has 1 unspecified atom stereocenters. The van der Waals surface area contributed by atoms with E-state index in [-0.39, 0.29) is 11.5 Å². The fourth-order valence-corrected chi connectivity index (χ4v) is 2.97. The van der Waals surface area contributed by atoms with Gasteiger partial charge in [-0.15, -0.1) is 0 Å². The minimum absolute atomic E-state index is 0.129. The van der Waals surface area contributed by atoms with Crippen molar-refractivity contribution in [2.45, 2.75) is 52.1 Å². The lowest BCUT2D eigenvalue weighted by molar-refractivity contribution is 0.201. The highest BCUT2D eigenvalue weighted by molar-refractivity contribution is 5.48. The normalized spacial score (nSPS) is 12.8. The number of hydrogen-bond donors (Lipinski definition) is 3. The third-order valence-electron chi connectivity index (χ3n) is 4.84. The lowest BCUT2D eigenvalue weighted by Gasteiger charge is -2.11. The van der Waals surface area contributed by atoms with E-state index < -0.39 is 6.10 Å². The largest absolute Gasteiger partial charge is 0.508 e. The summed E-state index contributed by atoms with van der Waals surface area (Å²) >= 11 is 0. The van der Waals surface area contributed by atoms with Crippen molar-refractivity contribution < 1.29 is 15.3 Å². The maximum absolute atomic E-state index is 10.3. The fourth-order valence-electron chi connectivity index (χ4n) is 2.97. The Morgan fingerprint density at radius 2 is 1.59 bits per heavy atom. The first-order valence-electron chi connectivity index (χ1n) is 9.43. The molecule has 2 aromatic rings. The van der Waals surface area contributed by atoms with Gasteiger partial charge in [0.1, 0.15) is 11.5 Å². The van der Waals surface area contributed by atoms with Crippen LogP contribution in [0.3, 0.4) is 0 Å². The van der Waals surface area contributed by atoms with Gasteiger partial charge in [-0.3, -0.25) is 0 Å². The number of allylic oxidation sites excluding steroid dienone is 2. The molecular formula is C24H30O3. The van der Waals surface area contributed by atoms with Crippen molar-refractivity contribution >= 4 is 0 Å². The molecule has 0 aliphatic carbocycles. The number of hydrogen-bond acceptors (Lipinski definition) is 3. The van der Waals surface area contributed by atoms with Crippen LogP contribution in [-0.2, 0) is 19.3 Å². The van der Waals surface area contributed by atoms with Crippen molar-refractivity contribution in [3.63, 3.8) is 0 Å². The molecule has 2 rings (SSSR count). The summed E-state index contributed by atoms with van der Waals surface area (Å²) in [5.41, 5.74) is 4.57. The van der Waals surface area contributed by atoms with Crippen LogP contribution >= 0.6 is 0 Å². The van der Waals surface area contributed by atoms with Crippen LogP contribution in [0, 0.1) is 0 Å². The van der Waals surface area contributed by atoms with Gasteiger partial charge in [-0.05, 0) is 69.2 Å². The minimum Gasteiger partial charge on any atom is -0.508 e. The van der Waals surface area contributed by atoms with Crippen molar-refractivity contribution in [2.75, 3.05) is 0 Å². The molecule has 144 valence electrons. The third-order valence-corrected chi connectivity index (χ3v) is 4.84. The molecule has 0 bridgehead atoms. The van der Waals surface area contributed by atoms with Crippen LogP contribution in [0.25, 0.3) is 0 Å². The Labute approximate surface area is 162 Å². The Kier molecular flexibility index (Phi) is 7.68. The highest BCUT2D eigenvalue weighted by atomic mass is 16.3. The van der Waals surface area contributed by atoms with Crippen LogP contribution in [0.1, 0.15) is 43.4 Å². The third kappa shape index (κ3) is 6.61. The first kappa shape index (κ1) is 20.8. The average Bonchev–Trinajstić information content (AvgIpc) is 2.64. The Hall–Kier alpha value is -2.52. The van der Waals surface area contributed by atoms with Gasteiger partial charge in [0.2, 0.25) is 0 Å². The lowest BCUT2D eigenvalue weighted by Crippen LogP contribution is -2.06. The highest BCUT2D eigenvalue weighted by Gasteiger charge is 2.10. The number of aliphatic hydroxyl groups excluding tert-OH is 1. The van der Waals surface area contributed by atoms with Crippen LogP contribution in [0.5, 0.6) is 11.5 Å². The Morgan fingerprint density at radius 3 is 2.19 bits per heavy atom. The van der Waals surface area contributed by atoms with Gasteiger partial charge in [0.25, 0.3) is 0 Å². The fraction of sp³-hybridized carbons (Fsp3) is 0.333. The van der Waals surface area contributed by atoms with Gasteiger partial charge >= 0.3 is 0 Å². The standard InChI is InChI=1S/C24H30O3/c1-17(2)22(25)14-10-18(3)9-13-21-23(26)15-20(16-24(21)27)12-11-19-7-5-4-6-8-19/h4-9,15-16,22,25-27H,1,10-14H2,2-3H3/b18-9+. The second-order valence-corrected chi connectivity index (χ2v) is 7.25. The number of aryl methyl sites for hydroxylation is 2. The number of aromatic hydroxyl groups is 2. The van der Waals surface area contributed by atoms with E-state index in [1.807, 2.05) is 38.1 Å². The van der Waals surface area contributed by atoms with Crippen molar-refractivity contribution in [3.8, 4) is 11.5 Å². The smallest absolute Gasteiger partial charge is 0.123 e. The molecule has 0 aliphatic heterocycles. The lowest BCUT2D eigenvalue weighted by atomic mass is 9.99. The van der Waals surface area contributed by atoms with Crippen molar-refractivity contribution in [1.29, 1.82) is 0 Å². The van der Waals surface area contributed by atoms with Crippen molar-refractivity contribution in [1.82, 2.24) is 0 Å². The van der Waals surface area contributed by atoms with Crippen molar-refractivity contribution in [3.05, 3.63) is 83.0 Å². The summed E-state index contributed by atoms with van der Waals surface area (Å²) in [6.07, 6.45) is 4.98. The molecule has 0 spiro atoms. The maximum Gasteiger partial charge on any atom is 0.123 e. The van der Waals surface area contributed by atoms with Crippen LogP contribution in [0.2, 0.25) is 0 Å². The van der Waals surface area contributed by atoms with Gasteiger partial charge in [0.15, 0.2) is 0 Å². The Bertz CT molecular complexity index is 768. The molecule has 3 N–H and O–H groups in total. The molecule has 0 heterocycles. The summed E-state index contributed by atoms with van der Waals surface area (Å²) in [5, 5.41) is 30.5. The van der Waals surface area contributed by atoms with Crippen LogP contribution < -0.4 is 0 Å². The summed E-state index contributed by atoms with van der Waals surface area (Å²) in [7, 11) is 0. The van der Waals surface area contributed by atoms with E-state index in [2.05, 4.69) is 18.7 Å². The van der Waals surface area contributed by atoms with Crippen molar-refractivity contribution in [2.24, 2.45) is 0 Å². The molecule has 2 aromatic carbocycles. The van der Waals surface area contributed by atoms with Gasteiger partial charge in [-0.2, -0.15) is 0 Å². The van der Waals surface area contributed by atoms with E-state index in [1.165, 1.54) is 5.56 Å². The zero-order valence-electron chi connectivity index (χ0n) is 16.3. The van der Waals surface area contributed by atoms with Crippen LogP contribution in [-0.4, -0.2) is 21.4 Å². The molecule has 0 aliphatic rings. The summed E-state index contributed by atoms with van der Waals surface area (Å²) in [6, 6.07) is 13.6. The van der Waals surface area contributed by atoms with Gasteiger partial charge in [-0.25, -0.2) is 0 Å². The zero-order valence-corrected chi connectivity index (χ0v) is 16.3. The van der Waals surface area contributed by atoms with Gasteiger partial charge < -0.3 is 15.3 Å². The SMILES string of the molecule is C=C(C)C(O)CC/C(C)=C/Cc1c(O)cc(CCc2ccccc2)cc1O. The van der Waals surface area contributed by atoms with Gasteiger partial charge in [-0.1, -0.05) is 54.1 Å². The average molecular weight is 367 g/mol. The quantitative estimate of drug-likeness (QED) is 0.542. The second-order valence-electron chi connectivity index (χ2n) is 7.25. The van der Waals surface area contributed by atoms with Crippen LogP contribution in [0.4, 0.5) is 0 Å². The van der Waals surface area contributed by atoms with E-state index >= 15 is 0 Å². The summed E-state index contributed by atoms with van der Waals surface area (Å²) in [4.78, 5) is 0. The van der Waals surface area contributed by atoms with E-state index in [4.69, 9.17) is 0 Å². The molecule has 3 heteroatoms. The predicted molar refractivity (Wildman–Crippen MR) is 111 cm³/mol. The second kappa shape index (κ2) is 9.98. The Balaban J connectivity index is 1.97. The molecule has 0 aromatic heterocycles. The number of phenols is 2. The first-order valence-corrected chi connectivity index (χ1v) is 9.43. The van der Waals surface area contributed by atoms with E-state index in [1.54, 1.807) is 12.1 Å². The monoisotopic (exact) mass is 366 g/mol. The summed E-state index contributed by atoms with van der Waals surface area (Å²) in [6.45, 7) is 7.57. The number of benzene rings is 2. The number of phenolic OH excluding ortho intramolecular Hbond substituents is 2. The summed E-state index contributed by atoms with van der Waals surface area (Å²) < 4.78 is 0. The maximum atomic E-state index is 10.3. The molecule has 0 saturated heterocycles. The van der Waals surface area contributed by atoms with E-state index in [0.29, 0.717) is 18.4 Å². The minimum atomic E-state index is -0.487. The first-order chi connectivity index (χ1) is 12.9. The molecular weight excluding hydrogens is 336 g/mol. The molecule has 0 saturated carbocycles. The molecule has 1 atom stereocenters. The molecule has 0 radical (unpaired) electrons. The predicted octanol–water partition coefficient (Wildman–Crippen LogP) is 5.09. The van der Waals surface area contributed by atoms with Crippen LogP contribution in [0.15, 0.2) is 66.3 Å². The molecule has 0 amide bonds.